The largest absolute Gasteiger partial charge is 0.480 e. The maximum Gasteiger partial charge on any atom is 0.317 e. The lowest BCUT2D eigenvalue weighted by atomic mass is 9.85. The molecule has 0 aliphatic heterocycles. The molecule has 2 N–H and O–H groups in total. The first kappa shape index (κ1) is 16.9. The van der Waals surface area contributed by atoms with Gasteiger partial charge in [0, 0.05) is 18.2 Å². The molecular formula is C15H19N3O5. The van der Waals surface area contributed by atoms with Crippen molar-refractivity contribution in [1.82, 2.24) is 10.2 Å². The number of rotatable bonds is 7. The Morgan fingerprint density at radius 2 is 2.04 bits per heavy atom. The summed E-state index contributed by atoms with van der Waals surface area (Å²) >= 11 is 0. The smallest absolute Gasteiger partial charge is 0.317 e. The number of nitrogens with zero attached hydrogens (tertiary/aromatic N) is 2. The van der Waals surface area contributed by atoms with Crippen LogP contribution < -0.4 is 5.32 Å². The third-order valence-electron chi connectivity index (χ3n) is 4.05. The maximum atomic E-state index is 12.2. The number of amides is 1. The summed E-state index contributed by atoms with van der Waals surface area (Å²) in [5.41, 5.74) is -0.180. The number of aliphatic carboxylic acids is 1. The fourth-order valence-corrected chi connectivity index (χ4v) is 2.76. The van der Waals surface area contributed by atoms with Gasteiger partial charge in [-0.1, -0.05) is 19.1 Å². The summed E-state index contributed by atoms with van der Waals surface area (Å²) in [5, 5.41) is 22.6. The first-order chi connectivity index (χ1) is 10.9. The second-order valence-electron chi connectivity index (χ2n) is 5.53. The van der Waals surface area contributed by atoms with E-state index in [0.717, 1.165) is 0 Å². The van der Waals surface area contributed by atoms with Crippen molar-refractivity contribution in [3.05, 3.63) is 39.9 Å². The lowest BCUT2D eigenvalue weighted by molar-refractivity contribution is -0.385. The average Bonchev–Trinajstić information content (AvgIpc) is 2.48. The van der Waals surface area contributed by atoms with E-state index in [0.29, 0.717) is 19.4 Å². The van der Waals surface area contributed by atoms with Crippen LogP contribution in [0.1, 0.15) is 30.1 Å². The minimum absolute atomic E-state index is 0.0218. The Morgan fingerprint density at radius 3 is 2.61 bits per heavy atom. The molecule has 8 heteroatoms. The fourth-order valence-electron chi connectivity index (χ4n) is 2.76. The van der Waals surface area contributed by atoms with Crippen LogP contribution in [0.5, 0.6) is 0 Å². The van der Waals surface area contributed by atoms with Crippen molar-refractivity contribution < 1.29 is 19.6 Å². The second kappa shape index (κ2) is 7.19. The molecule has 1 aliphatic rings. The van der Waals surface area contributed by atoms with Crippen LogP contribution in [0.25, 0.3) is 0 Å². The minimum atomic E-state index is -0.876. The zero-order chi connectivity index (χ0) is 17.0. The molecule has 124 valence electrons. The average molecular weight is 321 g/mol. The van der Waals surface area contributed by atoms with Crippen LogP contribution in [0.15, 0.2) is 24.3 Å². The van der Waals surface area contributed by atoms with Gasteiger partial charge in [-0.15, -0.1) is 0 Å². The first-order valence-corrected chi connectivity index (χ1v) is 7.42. The van der Waals surface area contributed by atoms with Gasteiger partial charge in [0.25, 0.3) is 11.6 Å². The zero-order valence-electron chi connectivity index (χ0n) is 12.8. The first-order valence-electron chi connectivity index (χ1n) is 7.42. The van der Waals surface area contributed by atoms with Crippen LogP contribution in [0.4, 0.5) is 5.69 Å². The highest BCUT2D eigenvalue weighted by atomic mass is 16.6. The van der Waals surface area contributed by atoms with Crippen LogP contribution in [-0.2, 0) is 4.79 Å². The van der Waals surface area contributed by atoms with Gasteiger partial charge in [-0.05, 0) is 25.5 Å². The predicted molar refractivity (Wildman–Crippen MR) is 82.3 cm³/mol. The van der Waals surface area contributed by atoms with Crippen molar-refractivity contribution in [3.8, 4) is 0 Å². The number of nitro groups is 1. The van der Waals surface area contributed by atoms with Crippen LogP contribution in [-0.4, -0.2) is 52.0 Å². The van der Waals surface area contributed by atoms with E-state index in [2.05, 4.69) is 5.32 Å². The number of hydrogen-bond acceptors (Lipinski definition) is 5. The van der Waals surface area contributed by atoms with Gasteiger partial charge >= 0.3 is 5.97 Å². The van der Waals surface area contributed by atoms with Crippen molar-refractivity contribution in [2.75, 3.05) is 13.1 Å². The Morgan fingerprint density at radius 1 is 1.39 bits per heavy atom. The summed E-state index contributed by atoms with van der Waals surface area (Å²) in [7, 11) is 0. The highest BCUT2D eigenvalue weighted by molar-refractivity contribution is 5.98. The lowest BCUT2D eigenvalue weighted by Crippen LogP contribution is -2.54. The van der Waals surface area contributed by atoms with Gasteiger partial charge in [0.15, 0.2) is 0 Å². The van der Waals surface area contributed by atoms with Crippen molar-refractivity contribution in [1.29, 1.82) is 0 Å². The Kier molecular flexibility index (Phi) is 5.28. The van der Waals surface area contributed by atoms with Crippen LogP contribution in [0.3, 0.4) is 0 Å². The van der Waals surface area contributed by atoms with E-state index in [1.165, 1.54) is 18.2 Å². The molecule has 0 radical (unpaired) electrons. The van der Waals surface area contributed by atoms with Gasteiger partial charge in [-0.2, -0.15) is 0 Å². The molecule has 23 heavy (non-hydrogen) atoms. The van der Waals surface area contributed by atoms with E-state index >= 15 is 0 Å². The molecule has 0 unspecified atom stereocenters. The maximum absolute atomic E-state index is 12.2. The number of benzene rings is 1. The molecule has 1 amide bonds. The molecule has 0 atom stereocenters. The number of carboxylic acids is 1. The van der Waals surface area contributed by atoms with Crippen molar-refractivity contribution in [2.45, 2.75) is 31.8 Å². The fraction of sp³-hybridized carbons (Fsp3) is 0.467. The van der Waals surface area contributed by atoms with E-state index in [-0.39, 0.29) is 29.9 Å². The molecule has 1 saturated carbocycles. The zero-order valence-corrected chi connectivity index (χ0v) is 12.8. The molecule has 2 rings (SSSR count). The summed E-state index contributed by atoms with van der Waals surface area (Å²) < 4.78 is 0. The standard InChI is InChI=1S/C15H19N3O5/c1-2-17(9-14(19)20)11-7-10(8-11)16-15(21)12-5-3-4-6-13(12)18(22)23/h3-6,10-11H,2,7-9H2,1H3,(H,16,21)(H,19,20). The molecule has 0 spiro atoms. The predicted octanol–water partition coefficient (Wildman–Crippen LogP) is 1.26. The third kappa shape index (κ3) is 4.04. The Hall–Kier alpha value is -2.48. The van der Waals surface area contributed by atoms with E-state index in [4.69, 9.17) is 5.11 Å². The summed E-state index contributed by atoms with van der Waals surface area (Å²) in [4.78, 5) is 35.2. The summed E-state index contributed by atoms with van der Waals surface area (Å²) in [6.07, 6.45) is 1.29. The Balaban J connectivity index is 1.92. The molecule has 0 heterocycles. The molecule has 1 aromatic rings. The molecule has 8 nitrogen and oxygen atoms in total. The van der Waals surface area contributed by atoms with Gasteiger partial charge < -0.3 is 10.4 Å². The molecule has 1 fully saturated rings. The molecule has 1 aliphatic carbocycles. The van der Waals surface area contributed by atoms with E-state index in [1.807, 2.05) is 11.8 Å². The van der Waals surface area contributed by atoms with E-state index < -0.39 is 16.8 Å². The topological polar surface area (TPSA) is 113 Å². The highest BCUT2D eigenvalue weighted by Crippen LogP contribution is 2.26. The van der Waals surface area contributed by atoms with Crippen molar-refractivity contribution in [2.24, 2.45) is 0 Å². The Bertz CT molecular complexity index is 613. The molecular weight excluding hydrogens is 302 g/mol. The third-order valence-corrected chi connectivity index (χ3v) is 4.05. The second-order valence-corrected chi connectivity index (χ2v) is 5.53. The minimum Gasteiger partial charge on any atom is -0.480 e. The number of nitro benzene ring substituents is 1. The van der Waals surface area contributed by atoms with E-state index in [1.54, 1.807) is 6.07 Å². The molecule has 0 saturated heterocycles. The van der Waals surface area contributed by atoms with Gasteiger partial charge in [0.1, 0.15) is 5.56 Å². The van der Waals surface area contributed by atoms with Crippen LogP contribution in [0, 0.1) is 10.1 Å². The van der Waals surface area contributed by atoms with Crippen molar-refractivity contribution in [3.63, 3.8) is 0 Å². The number of carboxylic acid groups (broad SMARTS) is 1. The SMILES string of the molecule is CCN(CC(=O)O)C1CC(NC(=O)c2ccccc2[N+](=O)[O-])C1. The number of likely N-dealkylation sites (N-methyl/N-ethyl adjacent to an activating group) is 1. The number of para-hydroxylation sites is 1. The monoisotopic (exact) mass is 321 g/mol. The number of hydrogen-bond donors (Lipinski definition) is 2. The van der Waals surface area contributed by atoms with Gasteiger partial charge in [-0.25, -0.2) is 0 Å². The molecule has 0 bridgehead atoms. The summed E-state index contributed by atoms with van der Waals surface area (Å²) in [6.45, 7) is 2.50. The lowest BCUT2D eigenvalue weighted by Gasteiger charge is -2.42. The number of carbonyl (C=O) groups is 2. The number of carbonyl (C=O) groups excluding carboxylic acids is 1. The van der Waals surface area contributed by atoms with Crippen LogP contribution in [0.2, 0.25) is 0 Å². The summed E-state index contributed by atoms with van der Waals surface area (Å²) in [5.74, 6) is -1.35. The van der Waals surface area contributed by atoms with Gasteiger partial charge in [-0.3, -0.25) is 24.6 Å². The normalized spacial score (nSPS) is 19.9. The summed E-state index contributed by atoms with van der Waals surface area (Å²) in [6, 6.07) is 5.84. The quantitative estimate of drug-likeness (QED) is 0.577. The molecule has 0 aromatic heterocycles. The number of nitrogens with one attached hydrogen (secondary N) is 1. The van der Waals surface area contributed by atoms with Crippen molar-refractivity contribution >= 4 is 17.6 Å². The molecule has 1 aromatic carbocycles. The van der Waals surface area contributed by atoms with Gasteiger partial charge in [0.2, 0.25) is 0 Å². The highest BCUT2D eigenvalue weighted by Gasteiger charge is 2.35. The Labute approximate surface area is 133 Å². The van der Waals surface area contributed by atoms with Crippen LogP contribution >= 0.6 is 0 Å². The van der Waals surface area contributed by atoms with Gasteiger partial charge in [0.05, 0.1) is 11.5 Å². The van der Waals surface area contributed by atoms with E-state index in [9.17, 15) is 19.7 Å².